The number of carbonyl (C=O) groups is 3. The largest absolute Gasteiger partial charge is 0.510 e. The summed E-state index contributed by atoms with van der Waals surface area (Å²) < 4.78 is 0.829. The number of nitrogens with two attached hydrogens (primary N) is 1. The molecule has 9 nitrogen and oxygen atoms in total. The second kappa shape index (κ2) is 10.4. The van der Waals surface area contributed by atoms with E-state index in [-0.39, 0.29) is 23.3 Å². The van der Waals surface area contributed by atoms with Crippen LogP contribution in [0.5, 0.6) is 5.75 Å². The number of phenolic OH excluding ortho intramolecular Hbond substituents is 1. The Kier molecular flexibility index (Phi) is 7.57. The Bertz CT molecular complexity index is 1330. The number of aliphatic hydroxyl groups excluding tert-OH is 2. The normalized spacial score (nSPS) is 29.4. The lowest BCUT2D eigenvalue weighted by Crippen LogP contribution is -2.63. The number of ketones is 2. The molecule has 0 heterocycles. The molecular weight excluding hydrogens is 635 g/mol. The number of aliphatic hydroxyl groups is 3. The van der Waals surface area contributed by atoms with Crippen LogP contribution in [0.25, 0.3) is 0 Å². The summed E-state index contributed by atoms with van der Waals surface area (Å²) in [4.78, 5) is 41.0. The first-order valence-corrected chi connectivity index (χ1v) is 15.3. The third-order valence-electron chi connectivity index (χ3n) is 8.77. The molecule has 4 aliphatic rings. The van der Waals surface area contributed by atoms with Crippen LogP contribution in [0.2, 0.25) is 0 Å². The van der Waals surface area contributed by atoms with Gasteiger partial charge in [-0.3, -0.25) is 19.3 Å². The van der Waals surface area contributed by atoms with E-state index < -0.39 is 58.0 Å². The number of nitrogens with zero attached hydrogens (tertiary/aromatic N) is 1. The van der Waals surface area contributed by atoms with Gasteiger partial charge in [-0.05, 0) is 79.9 Å². The van der Waals surface area contributed by atoms with Gasteiger partial charge < -0.3 is 26.2 Å². The lowest BCUT2D eigenvalue weighted by molar-refractivity contribution is -0.148. The van der Waals surface area contributed by atoms with Gasteiger partial charge in [-0.15, -0.1) is 0 Å². The van der Waals surface area contributed by atoms with Crippen molar-refractivity contribution < 1.29 is 34.8 Å². The van der Waals surface area contributed by atoms with Crippen LogP contribution in [-0.4, -0.2) is 73.8 Å². The van der Waals surface area contributed by atoms with E-state index in [1.807, 2.05) is 6.07 Å². The summed E-state index contributed by atoms with van der Waals surface area (Å²) in [6.07, 6.45) is 6.29. The minimum Gasteiger partial charge on any atom is -0.510 e. The van der Waals surface area contributed by atoms with Crippen molar-refractivity contribution >= 4 is 51.8 Å². The Morgan fingerprint density at radius 1 is 1.18 bits per heavy atom. The van der Waals surface area contributed by atoms with Crippen LogP contribution in [-0.2, 0) is 21.8 Å². The highest BCUT2D eigenvalue weighted by Crippen LogP contribution is 2.53. The summed E-state index contributed by atoms with van der Waals surface area (Å²) in [5, 5.41) is 45.8. The van der Waals surface area contributed by atoms with Gasteiger partial charge in [0.1, 0.15) is 22.8 Å². The third-order valence-corrected chi connectivity index (χ3v) is 11.2. The van der Waals surface area contributed by atoms with Gasteiger partial charge in [0.2, 0.25) is 5.78 Å². The van der Waals surface area contributed by atoms with Crippen LogP contribution in [0.4, 0.5) is 0 Å². The molecule has 1 aromatic carbocycles. The van der Waals surface area contributed by atoms with Crippen molar-refractivity contribution in [2.45, 2.75) is 67.6 Å². The van der Waals surface area contributed by atoms with Gasteiger partial charge in [0, 0.05) is 31.6 Å². The van der Waals surface area contributed by atoms with E-state index >= 15 is 0 Å². The molecule has 1 fully saturated rings. The fourth-order valence-electron chi connectivity index (χ4n) is 6.87. The van der Waals surface area contributed by atoms with Gasteiger partial charge in [-0.2, -0.15) is 11.8 Å². The molecule has 0 spiro atoms. The molecule has 0 aliphatic heterocycles. The number of halogens is 1. The van der Waals surface area contributed by atoms with Gasteiger partial charge in [0.25, 0.3) is 5.91 Å². The molecule has 0 aromatic heterocycles. The maximum absolute atomic E-state index is 13.9. The number of likely N-dealkylation sites (N-methyl/N-ethyl adjacent to an activating group) is 1. The van der Waals surface area contributed by atoms with Crippen molar-refractivity contribution in [1.29, 1.82) is 0 Å². The molecule has 1 amide bonds. The second-order valence-corrected chi connectivity index (χ2v) is 13.7. The topological polar surface area (TPSA) is 161 Å². The van der Waals surface area contributed by atoms with Crippen molar-refractivity contribution in [3.8, 4) is 5.75 Å². The number of aromatic hydroxyl groups is 1. The average molecular weight is 669 g/mol. The first-order chi connectivity index (χ1) is 18.4. The molecule has 6 N–H and O–H groups in total. The van der Waals surface area contributed by atoms with Gasteiger partial charge in [0.05, 0.1) is 11.6 Å². The lowest BCUT2D eigenvalue weighted by atomic mass is 9.58. The number of thioether (sulfide) groups is 1. The molecular formula is C28H33IN2O7S. The van der Waals surface area contributed by atoms with Crippen LogP contribution in [0.3, 0.4) is 0 Å². The zero-order valence-electron chi connectivity index (χ0n) is 21.9. The number of amides is 1. The van der Waals surface area contributed by atoms with Crippen LogP contribution in [0.1, 0.15) is 60.0 Å². The van der Waals surface area contributed by atoms with Crippen molar-refractivity contribution in [2.75, 3.05) is 14.1 Å². The molecule has 0 unspecified atom stereocenters. The van der Waals surface area contributed by atoms with Crippen LogP contribution >= 0.6 is 34.4 Å². The predicted octanol–water partition coefficient (Wildman–Crippen LogP) is 3.29. The summed E-state index contributed by atoms with van der Waals surface area (Å²) in [5.74, 6) is -5.69. The highest BCUT2D eigenvalue weighted by Gasteiger charge is 2.63. The van der Waals surface area contributed by atoms with Gasteiger partial charge in [0.15, 0.2) is 11.4 Å². The standard InChI is InChI=1S/C28H33IN2O7S/c1-31(2)21-16-9-12-8-15-17(29)10-13(11-39-14-6-4-3-5-7-14)22(32)19(15)23(33)18(12)25(35)28(16,38)26(36)20(24(21)34)27(30)37/h10,12,14,16,21,32,34-35,38H,3-9,11H2,1-2H3,(H2,30,37)/t12-,16-,21-,28-/m0/s1. The molecule has 210 valence electrons. The molecule has 39 heavy (non-hydrogen) atoms. The number of allylic oxidation sites excluding steroid dienone is 1. The van der Waals surface area contributed by atoms with Crippen molar-refractivity contribution in [3.63, 3.8) is 0 Å². The molecule has 1 saturated carbocycles. The average Bonchev–Trinajstić information content (AvgIpc) is 2.87. The van der Waals surface area contributed by atoms with E-state index in [0.29, 0.717) is 28.6 Å². The summed E-state index contributed by atoms with van der Waals surface area (Å²) >= 11 is 3.94. The molecule has 0 bridgehead atoms. The number of hydrogen-bond donors (Lipinski definition) is 5. The minimum atomic E-state index is -2.62. The molecule has 0 radical (unpaired) electrons. The molecule has 4 atom stereocenters. The summed E-state index contributed by atoms with van der Waals surface area (Å²) in [6, 6.07) is 0.911. The number of hydrogen-bond acceptors (Lipinski definition) is 9. The Hall–Kier alpha value is -2.09. The Balaban J connectivity index is 1.59. The Morgan fingerprint density at radius 3 is 2.46 bits per heavy atom. The Labute approximate surface area is 244 Å². The highest BCUT2D eigenvalue weighted by molar-refractivity contribution is 14.1. The first kappa shape index (κ1) is 28.4. The molecule has 5 rings (SSSR count). The molecule has 11 heteroatoms. The molecule has 4 aliphatic carbocycles. The summed E-state index contributed by atoms with van der Waals surface area (Å²) in [7, 11) is 3.22. The van der Waals surface area contributed by atoms with Crippen molar-refractivity contribution in [3.05, 3.63) is 49.0 Å². The maximum Gasteiger partial charge on any atom is 0.255 e. The third kappa shape index (κ3) is 4.40. The maximum atomic E-state index is 13.9. The zero-order valence-corrected chi connectivity index (χ0v) is 24.8. The predicted molar refractivity (Wildman–Crippen MR) is 155 cm³/mol. The monoisotopic (exact) mass is 668 g/mol. The van der Waals surface area contributed by atoms with Gasteiger partial charge >= 0.3 is 0 Å². The van der Waals surface area contributed by atoms with Crippen molar-refractivity contribution in [1.82, 2.24) is 4.90 Å². The molecule has 1 aromatic rings. The zero-order chi connectivity index (χ0) is 28.4. The molecule has 0 saturated heterocycles. The number of rotatable bonds is 5. The van der Waals surface area contributed by atoms with E-state index in [4.69, 9.17) is 5.73 Å². The van der Waals surface area contributed by atoms with E-state index in [1.54, 1.807) is 30.8 Å². The van der Waals surface area contributed by atoms with Crippen LogP contribution in [0, 0.1) is 15.4 Å². The number of Topliss-reactive ketones (excluding diaryl/α,β-unsaturated/α-hetero) is 2. The van der Waals surface area contributed by atoms with E-state index in [1.165, 1.54) is 19.3 Å². The Morgan fingerprint density at radius 2 is 1.85 bits per heavy atom. The summed E-state index contributed by atoms with van der Waals surface area (Å²) in [5.41, 5.74) is 3.22. The minimum absolute atomic E-state index is 0.0851. The highest BCUT2D eigenvalue weighted by atomic mass is 127. The van der Waals surface area contributed by atoms with E-state index in [9.17, 15) is 34.8 Å². The summed E-state index contributed by atoms with van der Waals surface area (Å²) in [6.45, 7) is 0. The number of benzene rings is 1. The second-order valence-electron chi connectivity index (χ2n) is 11.3. The number of phenols is 1. The van der Waals surface area contributed by atoms with E-state index in [0.717, 1.165) is 16.4 Å². The van der Waals surface area contributed by atoms with Gasteiger partial charge in [-0.1, -0.05) is 19.3 Å². The first-order valence-electron chi connectivity index (χ1n) is 13.2. The van der Waals surface area contributed by atoms with Gasteiger partial charge in [-0.25, -0.2) is 0 Å². The number of primary amides is 1. The van der Waals surface area contributed by atoms with Crippen molar-refractivity contribution in [2.24, 2.45) is 17.6 Å². The number of carbonyl (C=O) groups excluding carboxylic acids is 3. The van der Waals surface area contributed by atoms with Crippen LogP contribution in [0.15, 0.2) is 28.7 Å². The van der Waals surface area contributed by atoms with Crippen LogP contribution < -0.4 is 5.73 Å². The lowest BCUT2D eigenvalue weighted by Gasteiger charge is -2.50. The number of fused-ring (bicyclic) bond motifs is 3. The fourth-order valence-corrected chi connectivity index (χ4v) is 9.04. The fraction of sp³-hybridized carbons (Fsp3) is 0.536. The smallest absolute Gasteiger partial charge is 0.255 e. The SMILES string of the molecule is CN(C)[C@@H]1C(O)=C(C(N)=O)C(=O)[C@@]2(O)C(O)=C3C(=O)c4c(O)c(CSC5CCCCC5)cc(I)c4C[C@H]3C[C@@H]12. The quantitative estimate of drug-likeness (QED) is 0.234. The van der Waals surface area contributed by atoms with E-state index in [2.05, 4.69) is 22.6 Å².